The van der Waals surface area contributed by atoms with Gasteiger partial charge in [0, 0.05) is 34.6 Å². The lowest BCUT2D eigenvalue weighted by Gasteiger charge is -2.42. The van der Waals surface area contributed by atoms with Gasteiger partial charge in [0.15, 0.2) is 0 Å². The average molecular weight is 411 g/mol. The van der Waals surface area contributed by atoms with Crippen molar-refractivity contribution in [2.45, 2.75) is 30.7 Å². The van der Waals surface area contributed by atoms with Crippen molar-refractivity contribution >= 4 is 47.4 Å². The topological polar surface area (TPSA) is 15.3 Å². The van der Waals surface area contributed by atoms with Gasteiger partial charge in [-0.25, -0.2) is 0 Å². The highest BCUT2D eigenvalue weighted by atomic mass is 32.1. The molecular weight excluding hydrogens is 384 g/mol. The Morgan fingerprint density at radius 1 is 1.10 bits per heavy atom. The molecule has 0 spiro atoms. The fourth-order valence-electron chi connectivity index (χ4n) is 5.06. The number of allylic oxidation sites excluding steroid dienone is 1. The zero-order chi connectivity index (χ0) is 21.2. The van der Waals surface area contributed by atoms with Crippen molar-refractivity contribution in [1.82, 2.24) is 4.90 Å². The zero-order valence-electron chi connectivity index (χ0n) is 17.7. The second-order valence-electron chi connectivity index (χ2n) is 8.69. The van der Waals surface area contributed by atoms with Gasteiger partial charge in [0.25, 0.3) is 0 Å². The van der Waals surface area contributed by atoms with E-state index in [1.54, 1.807) is 0 Å². The molecule has 0 saturated carbocycles. The molecule has 2 aliphatic rings. The van der Waals surface area contributed by atoms with Crippen molar-refractivity contribution < 1.29 is 0 Å². The first-order valence-electron chi connectivity index (χ1n) is 10.3. The molecule has 1 N–H and O–H groups in total. The summed E-state index contributed by atoms with van der Waals surface area (Å²) in [6, 6.07) is 14.9. The van der Waals surface area contributed by atoms with E-state index in [0.29, 0.717) is 0 Å². The van der Waals surface area contributed by atoms with Crippen LogP contribution in [0.4, 0.5) is 5.69 Å². The number of hydrogen-bond acceptors (Lipinski definition) is 3. The van der Waals surface area contributed by atoms with E-state index in [0.717, 1.165) is 27.9 Å². The van der Waals surface area contributed by atoms with Crippen LogP contribution in [-0.2, 0) is 5.54 Å². The van der Waals surface area contributed by atoms with E-state index in [9.17, 15) is 0 Å². The summed E-state index contributed by atoms with van der Waals surface area (Å²) in [5, 5.41) is 8.61. The lowest BCUT2D eigenvalue weighted by Crippen LogP contribution is -2.44. The molecular formula is C27H26N2S. The van der Waals surface area contributed by atoms with Gasteiger partial charge in [-0.15, -0.1) is 12.6 Å². The predicted molar refractivity (Wildman–Crippen MR) is 132 cm³/mol. The van der Waals surface area contributed by atoms with Gasteiger partial charge in [-0.2, -0.15) is 0 Å². The number of thiol groups is 1. The van der Waals surface area contributed by atoms with Crippen LogP contribution >= 0.6 is 12.6 Å². The molecule has 0 radical (unpaired) electrons. The van der Waals surface area contributed by atoms with Crippen LogP contribution in [0.1, 0.15) is 30.0 Å². The standard InChI is InChI=1S/C27H26N2S/c1-16-12-19(15-20(30)13-16)28-27(4)11-10-24-25-23(14-17(2)29(24)5)22-9-7-6-8-21(22)18(3)26(25)27/h6-10,12-15,28,30H,2-3,11H2,1,4-5H3. The molecule has 30 heavy (non-hydrogen) atoms. The predicted octanol–water partition coefficient (Wildman–Crippen LogP) is 5.16. The third-order valence-electron chi connectivity index (χ3n) is 6.46. The Kier molecular flexibility index (Phi) is 4.16. The van der Waals surface area contributed by atoms with Crippen molar-refractivity contribution in [3.63, 3.8) is 0 Å². The Morgan fingerprint density at radius 2 is 1.83 bits per heavy atom. The van der Waals surface area contributed by atoms with E-state index in [4.69, 9.17) is 0 Å². The average Bonchev–Trinajstić information content (AvgIpc) is 2.68. The molecule has 3 aromatic carbocycles. The highest BCUT2D eigenvalue weighted by Crippen LogP contribution is 2.41. The SMILES string of the molecule is C=C1C=c2c3c(c(=C)c4ccccc24)C(C)(Nc2cc(C)cc(S)c2)CC=C3N1C. The monoisotopic (exact) mass is 410 g/mol. The zero-order valence-corrected chi connectivity index (χ0v) is 18.6. The summed E-state index contributed by atoms with van der Waals surface area (Å²) >= 11 is 4.58. The highest BCUT2D eigenvalue weighted by molar-refractivity contribution is 7.80. The van der Waals surface area contributed by atoms with E-state index in [1.807, 2.05) is 0 Å². The van der Waals surface area contributed by atoms with Gasteiger partial charge in [0.1, 0.15) is 0 Å². The number of anilines is 1. The number of fused-ring (bicyclic) bond motifs is 2. The van der Waals surface area contributed by atoms with Crippen molar-refractivity contribution in [2.75, 3.05) is 12.4 Å². The minimum absolute atomic E-state index is 0.282. The van der Waals surface area contributed by atoms with Crippen molar-refractivity contribution in [3.05, 3.63) is 87.9 Å². The summed E-state index contributed by atoms with van der Waals surface area (Å²) in [6.07, 6.45) is 5.41. The maximum Gasteiger partial charge on any atom is 0.0645 e. The lowest BCUT2D eigenvalue weighted by molar-refractivity contribution is 0.520. The lowest BCUT2D eigenvalue weighted by atomic mass is 9.75. The van der Waals surface area contributed by atoms with Gasteiger partial charge in [-0.05, 0) is 76.9 Å². The fraction of sp³-hybridized carbons (Fsp3) is 0.185. The van der Waals surface area contributed by atoms with Crippen molar-refractivity contribution in [2.24, 2.45) is 0 Å². The van der Waals surface area contributed by atoms with Crippen LogP contribution in [0.15, 0.2) is 65.7 Å². The molecule has 150 valence electrons. The number of aryl methyl sites for hydroxylation is 1. The number of nitrogens with one attached hydrogen (secondary N) is 1. The summed E-state index contributed by atoms with van der Waals surface area (Å²) < 4.78 is 0. The molecule has 0 fully saturated rings. The van der Waals surface area contributed by atoms with Gasteiger partial charge < -0.3 is 10.2 Å². The minimum atomic E-state index is -0.282. The third-order valence-corrected chi connectivity index (χ3v) is 6.72. The van der Waals surface area contributed by atoms with Crippen LogP contribution in [0.5, 0.6) is 0 Å². The van der Waals surface area contributed by atoms with Crippen LogP contribution in [0.25, 0.3) is 29.1 Å². The van der Waals surface area contributed by atoms with E-state index in [-0.39, 0.29) is 5.54 Å². The Labute approximate surface area is 183 Å². The van der Waals surface area contributed by atoms with Crippen LogP contribution in [0, 0.1) is 6.92 Å². The van der Waals surface area contributed by atoms with Crippen molar-refractivity contribution in [3.8, 4) is 0 Å². The third kappa shape index (κ3) is 2.73. The van der Waals surface area contributed by atoms with E-state index in [1.165, 1.54) is 38.4 Å². The number of rotatable bonds is 2. The fourth-order valence-corrected chi connectivity index (χ4v) is 5.40. The van der Waals surface area contributed by atoms with Gasteiger partial charge >= 0.3 is 0 Å². The molecule has 1 aliphatic carbocycles. The van der Waals surface area contributed by atoms with Crippen LogP contribution in [0.3, 0.4) is 0 Å². The Hall–Kier alpha value is -2.91. The molecule has 1 heterocycles. The molecule has 3 aromatic rings. The summed E-state index contributed by atoms with van der Waals surface area (Å²) in [5.74, 6) is 0. The molecule has 5 rings (SSSR count). The maximum absolute atomic E-state index is 4.58. The van der Waals surface area contributed by atoms with E-state index < -0.39 is 0 Å². The Balaban J connectivity index is 1.84. The van der Waals surface area contributed by atoms with Gasteiger partial charge in [0.05, 0.1) is 5.54 Å². The molecule has 0 amide bonds. The van der Waals surface area contributed by atoms with Crippen LogP contribution < -0.4 is 15.8 Å². The number of benzene rings is 3. The first-order valence-corrected chi connectivity index (χ1v) is 10.7. The first-order chi connectivity index (χ1) is 14.3. The van der Waals surface area contributed by atoms with E-state index in [2.05, 4.69) is 112 Å². The molecule has 1 aliphatic heterocycles. The van der Waals surface area contributed by atoms with Crippen LogP contribution in [0.2, 0.25) is 0 Å². The van der Waals surface area contributed by atoms with Gasteiger partial charge in [0.2, 0.25) is 0 Å². The molecule has 1 unspecified atom stereocenters. The largest absolute Gasteiger partial charge is 0.375 e. The summed E-state index contributed by atoms with van der Waals surface area (Å²) in [4.78, 5) is 3.16. The highest BCUT2D eigenvalue weighted by Gasteiger charge is 2.37. The molecule has 0 aromatic heterocycles. The smallest absolute Gasteiger partial charge is 0.0645 e. The van der Waals surface area contributed by atoms with Crippen LogP contribution in [-0.4, -0.2) is 11.9 Å². The second-order valence-corrected chi connectivity index (χ2v) is 9.21. The molecule has 2 nitrogen and oxygen atoms in total. The summed E-state index contributed by atoms with van der Waals surface area (Å²) in [6.45, 7) is 13.2. The minimum Gasteiger partial charge on any atom is -0.375 e. The van der Waals surface area contributed by atoms with Gasteiger partial charge in [-0.1, -0.05) is 43.5 Å². The van der Waals surface area contributed by atoms with Gasteiger partial charge in [-0.3, -0.25) is 0 Å². The quantitative estimate of drug-likeness (QED) is 0.568. The molecule has 1 atom stereocenters. The number of hydrogen-bond donors (Lipinski definition) is 2. The summed E-state index contributed by atoms with van der Waals surface area (Å²) in [7, 11) is 2.10. The van der Waals surface area contributed by atoms with E-state index >= 15 is 0 Å². The second kappa shape index (κ2) is 6.55. The maximum atomic E-state index is 4.58. The first kappa shape index (κ1) is 19.1. The summed E-state index contributed by atoms with van der Waals surface area (Å²) in [5.41, 5.74) is 6.77. The Morgan fingerprint density at radius 3 is 2.57 bits per heavy atom. The van der Waals surface area contributed by atoms with Crippen molar-refractivity contribution in [1.29, 1.82) is 0 Å². The molecule has 0 saturated heterocycles. The number of nitrogens with zero attached hydrogens (tertiary/aromatic N) is 1. The Bertz CT molecular complexity index is 1360. The normalized spacial score (nSPS) is 19.9. The molecule has 3 heteroatoms. The molecule has 0 bridgehead atoms.